The van der Waals surface area contributed by atoms with Crippen molar-refractivity contribution < 1.29 is 17.5 Å². The summed E-state index contributed by atoms with van der Waals surface area (Å²) in [5.41, 5.74) is 3.35. The Morgan fingerprint density at radius 3 is 2.50 bits per heavy atom. The largest absolute Gasteiger partial charge is 0.497 e. The molecule has 3 aromatic rings. The lowest BCUT2D eigenvalue weighted by atomic mass is 9.77. The van der Waals surface area contributed by atoms with E-state index in [4.69, 9.17) is 4.74 Å². The van der Waals surface area contributed by atoms with Crippen LogP contribution in [-0.2, 0) is 10.0 Å². The van der Waals surface area contributed by atoms with E-state index in [0.29, 0.717) is 11.4 Å². The Hall–Kier alpha value is -3.32. The maximum Gasteiger partial charge on any atom is 0.261 e. The molecular weight excluding hydrogens is 427 g/mol. The van der Waals surface area contributed by atoms with E-state index in [0.717, 1.165) is 23.2 Å². The first kappa shape index (κ1) is 20.6. The summed E-state index contributed by atoms with van der Waals surface area (Å²) < 4.78 is 47.2. The Balaban J connectivity index is 1.46. The molecule has 1 heterocycles. The number of hydrogen-bond acceptors (Lipinski definition) is 4. The molecule has 0 saturated heterocycles. The molecule has 0 radical (unpaired) electrons. The summed E-state index contributed by atoms with van der Waals surface area (Å²) in [7, 11) is -2.19. The SMILES string of the molecule is COc1ccc(NS(=O)(=O)c2ccc3c(c2)[C@@H]2C=CC[C@@H]2[C@H](c2ccc(F)cc2)N3)cc1. The lowest BCUT2D eigenvalue weighted by Crippen LogP contribution is -2.29. The minimum Gasteiger partial charge on any atom is -0.497 e. The molecule has 3 aromatic carbocycles. The van der Waals surface area contributed by atoms with Crippen molar-refractivity contribution in [3.05, 3.63) is 95.8 Å². The van der Waals surface area contributed by atoms with Gasteiger partial charge in [0.25, 0.3) is 10.0 Å². The van der Waals surface area contributed by atoms with Gasteiger partial charge in [-0.15, -0.1) is 0 Å². The van der Waals surface area contributed by atoms with Crippen LogP contribution in [0.2, 0.25) is 0 Å². The molecule has 3 atom stereocenters. The van der Waals surface area contributed by atoms with E-state index in [1.807, 2.05) is 18.2 Å². The molecule has 1 aliphatic carbocycles. The molecule has 0 saturated carbocycles. The normalized spacial score (nSPS) is 21.4. The molecule has 32 heavy (non-hydrogen) atoms. The van der Waals surface area contributed by atoms with Gasteiger partial charge >= 0.3 is 0 Å². The number of halogens is 1. The summed E-state index contributed by atoms with van der Waals surface area (Å²) in [5, 5.41) is 3.55. The average Bonchev–Trinajstić information content (AvgIpc) is 3.29. The van der Waals surface area contributed by atoms with E-state index in [9.17, 15) is 12.8 Å². The van der Waals surface area contributed by atoms with Gasteiger partial charge < -0.3 is 10.1 Å². The van der Waals surface area contributed by atoms with Crippen molar-refractivity contribution in [3.63, 3.8) is 0 Å². The number of ether oxygens (including phenoxy) is 1. The predicted octanol–water partition coefficient (Wildman–Crippen LogP) is 5.46. The average molecular weight is 451 g/mol. The van der Waals surface area contributed by atoms with Crippen LogP contribution in [0.3, 0.4) is 0 Å². The van der Waals surface area contributed by atoms with Crippen LogP contribution in [0, 0.1) is 11.7 Å². The van der Waals surface area contributed by atoms with E-state index in [1.165, 1.54) is 12.1 Å². The molecule has 0 bridgehead atoms. The summed E-state index contributed by atoms with van der Waals surface area (Å²) in [5.74, 6) is 0.728. The van der Waals surface area contributed by atoms with E-state index in [-0.39, 0.29) is 28.6 Å². The third-order valence-electron chi connectivity index (χ3n) is 6.22. The number of methoxy groups -OCH3 is 1. The molecule has 0 aromatic heterocycles. The van der Waals surface area contributed by atoms with Crippen LogP contribution >= 0.6 is 0 Å². The highest BCUT2D eigenvalue weighted by Crippen LogP contribution is 2.50. The van der Waals surface area contributed by atoms with Gasteiger partial charge in [-0.3, -0.25) is 4.72 Å². The second-order valence-corrected chi connectivity index (χ2v) is 9.79. The minimum absolute atomic E-state index is 0.0305. The molecule has 2 aliphatic rings. The second kappa shape index (κ2) is 7.98. The topological polar surface area (TPSA) is 67.4 Å². The van der Waals surface area contributed by atoms with Crippen molar-refractivity contribution in [3.8, 4) is 5.75 Å². The first-order chi connectivity index (χ1) is 15.4. The highest BCUT2D eigenvalue weighted by Gasteiger charge is 2.38. The maximum absolute atomic E-state index is 13.4. The molecular formula is C25H23FN2O3S. The van der Waals surface area contributed by atoms with E-state index in [1.54, 1.807) is 43.5 Å². The smallest absolute Gasteiger partial charge is 0.261 e. The summed E-state index contributed by atoms with van der Waals surface area (Å²) in [6, 6.07) is 18.5. The van der Waals surface area contributed by atoms with Crippen molar-refractivity contribution >= 4 is 21.4 Å². The van der Waals surface area contributed by atoms with Crippen LogP contribution in [0.25, 0.3) is 0 Å². The molecule has 0 fully saturated rings. The van der Waals surface area contributed by atoms with Gasteiger partial charge in [0, 0.05) is 17.3 Å². The zero-order valence-electron chi connectivity index (χ0n) is 17.5. The highest BCUT2D eigenvalue weighted by molar-refractivity contribution is 7.92. The molecule has 7 heteroatoms. The summed E-state index contributed by atoms with van der Waals surface area (Å²) in [6.45, 7) is 0. The quantitative estimate of drug-likeness (QED) is 0.507. The van der Waals surface area contributed by atoms with Gasteiger partial charge in [0.1, 0.15) is 11.6 Å². The predicted molar refractivity (Wildman–Crippen MR) is 123 cm³/mol. The van der Waals surface area contributed by atoms with Gasteiger partial charge in [0.2, 0.25) is 0 Å². The number of nitrogens with one attached hydrogen (secondary N) is 2. The van der Waals surface area contributed by atoms with Crippen LogP contribution in [0.5, 0.6) is 5.75 Å². The molecule has 0 amide bonds. The third-order valence-corrected chi connectivity index (χ3v) is 7.59. The van der Waals surface area contributed by atoms with Gasteiger partial charge in [-0.1, -0.05) is 24.3 Å². The molecule has 1 aliphatic heterocycles. The van der Waals surface area contributed by atoms with Crippen molar-refractivity contribution in [2.45, 2.75) is 23.3 Å². The van der Waals surface area contributed by atoms with Gasteiger partial charge in [0.15, 0.2) is 0 Å². The van der Waals surface area contributed by atoms with Gasteiger partial charge in [0.05, 0.1) is 18.0 Å². The standard InChI is InChI=1S/C25H23FN2O3S/c1-31-19-11-9-18(10-12-19)28-32(29,30)20-13-14-24-23(15-20)21-3-2-4-22(21)25(27-24)16-5-7-17(26)8-6-16/h2-3,5-15,21-22,25,27-28H,4H2,1H3/t21-,22+,25+/m1/s1. The fourth-order valence-corrected chi connectivity index (χ4v) is 5.71. The molecule has 164 valence electrons. The van der Waals surface area contributed by atoms with Crippen molar-refractivity contribution in [2.75, 3.05) is 17.1 Å². The minimum atomic E-state index is -3.75. The number of fused-ring (bicyclic) bond motifs is 3. The van der Waals surface area contributed by atoms with E-state index in [2.05, 4.69) is 22.2 Å². The monoisotopic (exact) mass is 450 g/mol. The first-order valence-electron chi connectivity index (χ1n) is 10.4. The number of hydrogen-bond donors (Lipinski definition) is 2. The Bertz CT molecular complexity index is 1270. The Morgan fingerprint density at radius 1 is 1.03 bits per heavy atom. The summed E-state index contributed by atoms with van der Waals surface area (Å²) in [4.78, 5) is 0.216. The second-order valence-electron chi connectivity index (χ2n) is 8.11. The zero-order chi connectivity index (χ0) is 22.3. The maximum atomic E-state index is 13.4. The summed E-state index contributed by atoms with van der Waals surface area (Å²) >= 11 is 0. The zero-order valence-corrected chi connectivity index (χ0v) is 18.3. The molecule has 0 unspecified atom stereocenters. The highest BCUT2D eigenvalue weighted by atomic mass is 32.2. The lowest BCUT2D eigenvalue weighted by Gasteiger charge is -2.37. The fraction of sp³-hybridized carbons (Fsp3) is 0.200. The first-order valence-corrected chi connectivity index (χ1v) is 11.9. The van der Waals surface area contributed by atoms with E-state index < -0.39 is 10.0 Å². The van der Waals surface area contributed by atoms with Crippen LogP contribution in [0.15, 0.2) is 83.8 Å². The van der Waals surface area contributed by atoms with Crippen LogP contribution < -0.4 is 14.8 Å². The number of rotatable bonds is 5. The molecule has 0 spiro atoms. The van der Waals surface area contributed by atoms with Gasteiger partial charge in [-0.25, -0.2) is 12.8 Å². The van der Waals surface area contributed by atoms with Crippen molar-refractivity contribution in [2.24, 2.45) is 5.92 Å². The van der Waals surface area contributed by atoms with E-state index >= 15 is 0 Å². The fourth-order valence-electron chi connectivity index (χ4n) is 4.61. The Labute approximate surface area is 187 Å². The van der Waals surface area contributed by atoms with Gasteiger partial charge in [-0.2, -0.15) is 0 Å². The van der Waals surface area contributed by atoms with Gasteiger partial charge in [-0.05, 0) is 78.1 Å². The number of anilines is 2. The Morgan fingerprint density at radius 2 is 1.78 bits per heavy atom. The summed E-state index contributed by atoms with van der Waals surface area (Å²) in [6.07, 6.45) is 5.16. The molecule has 5 rings (SSSR count). The van der Waals surface area contributed by atoms with Crippen LogP contribution in [0.1, 0.15) is 29.5 Å². The molecule has 2 N–H and O–H groups in total. The van der Waals surface area contributed by atoms with Crippen LogP contribution in [-0.4, -0.2) is 15.5 Å². The third kappa shape index (κ3) is 3.73. The Kier molecular flexibility index (Phi) is 5.13. The molecule has 5 nitrogen and oxygen atoms in total. The lowest BCUT2D eigenvalue weighted by molar-refractivity contribution is 0.415. The van der Waals surface area contributed by atoms with Crippen molar-refractivity contribution in [1.29, 1.82) is 0 Å². The number of benzene rings is 3. The van der Waals surface area contributed by atoms with Crippen LogP contribution in [0.4, 0.5) is 15.8 Å². The van der Waals surface area contributed by atoms with Crippen molar-refractivity contribution in [1.82, 2.24) is 0 Å². The number of sulfonamides is 1. The number of allylic oxidation sites excluding steroid dienone is 2.